The average Bonchev–Trinajstić information content (AvgIpc) is 3.33. The van der Waals surface area contributed by atoms with Gasteiger partial charge in [0.2, 0.25) is 5.91 Å². The molecule has 0 N–H and O–H groups in total. The van der Waals surface area contributed by atoms with E-state index < -0.39 is 10.0 Å². The monoisotopic (exact) mass is 398 g/mol. The zero-order valence-corrected chi connectivity index (χ0v) is 16.1. The molecule has 134 valence electrons. The van der Waals surface area contributed by atoms with Crippen LogP contribution in [0.15, 0.2) is 46.7 Å². The summed E-state index contributed by atoms with van der Waals surface area (Å²) in [6, 6.07) is 12.9. The van der Waals surface area contributed by atoms with Crippen LogP contribution in [-0.2, 0) is 21.4 Å². The van der Waals surface area contributed by atoms with E-state index in [1.807, 2.05) is 30.3 Å². The molecule has 1 aromatic heterocycles. The lowest BCUT2D eigenvalue weighted by Gasteiger charge is -2.25. The number of benzene rings is 1. The molecule has 25 heavy (non-hydrogen) atoms. The van der Waals surface area contributed by atoms with Gasteiger partial charge in [-0.1, -0.05) is 41.9 Å². The van der Waals surface area contributed by atoms with Gasteiger partial charge in [0.1, 0.15) is 4.21 Å². The molecule has 1 fully saturated rings. The molecule has 5 nitrogen and oxygen atoms in total. The van der Waals surface area contributed by atoms with Crippen LogP contribution in [0.3, 0.4) is 0 Å². The summed E-state index contributed by atoms with van der Waals surface area (Å²) in [5.74, 6) is -0.180. The lowest BCUT2D eigenvalue weighted by atomic mass is 10.2. The summed E-state index contributed by atoms with van der Waals surface area (Å²) in [6.07, 6.45) is 1.94. The van der Waals surface area contributed by atoms with Gasteiger partial charge in [0.15, 0.2) is 0 Å². The number of nitrogens with zero attached hydrogens (tertiary/aromatic N) is 2. The summed E-state index contributed by atoms with van der Waals surface area (Å²) < 4.78 is 26.8. The molecule has 0 bridgehead atoms. The van der Waals surface area contributed by atoms with E-state index in [4.69, 9.17) is 11.6 Å². The Balaban J connectivity index is 1.70. The van der Waals surface area contributed by atoms with Crippen LogP contribution in [0.4, 0.5) is 0 Å². The van der Waals surface area contributed by atoms with E-state index in [2.05, 4.69) is 0 Å². The lowest BCUT2D eigenvalue weighted by Crippen LogP contribution is -2.41. The zero-order chi connectivity index (χ0) is 18.0. The first-order valence-corrected chi connectivity index (χ1v) is 10.6. The highest BCUT2D eigenvalue weighted by Gasteiger charge is 2.34. The summed E-state index contributed by atoms with van der Waals surface area (Å²) in [5, 5.41) is 0. The molecule has 0 unspecified atom stereocenters. The molecule has 0 aliphatic heterocycles. The van der Waals surface area contributed by atoms with E-state index in [0.29, 0.717) is 10.9 Å². The van der Waals surface area contributed by atoms with Crippen LogP contribution < -0.4 is 0 Å². The van der Waals surface area contributed by atoms with Gasteiger partial charge in [0.05, 0.1) is 10.9 Å². The number of hydrogen-bond donors (Lipinski definition) is 0. The minimum absolute atomic E-state index is 0.147. The topological polar surface area (TPSA) is 57.7 Å². The maximum Gasteiger partial charge on any atom is 0.252 e. The van der Waals surface area contributed by atoms with E-state index in [0.717, 1.165) is 34.0 Å². The molecule has 0 saturated heterocycles. The summed E-state index contributed by atoms with van der Waals surface area (Å²) in [7, 11) is -2.28. The Kier molecular flexibility index (Phi) is 5.48. The van der Waals surface area contributed by atoms with Crippen molar-refractivity contribution in [2.75, 3.05) is 13.6 Å². The van der Waals surface area contributed by atoms with Gasteiger partial charge < -0.3 is 4.90 Å². The molecular weight excluding hydrogens is 380 g/mol. The third-order valence-corrected chi connectivity index (χ3v) is 7.58. The van der Waals surface area contributed by atoms with E-state index in [9.17, 15) is 13.2 Å². The summed E-state index contributed by atoms with van der Waals surface area (Å²) in [6.45, 7) is 0.324. The van der Waals surface area contributed by atoms with Crippen molar-refractivity contribution >= 4 is 38.9 Å². The van der Waals surface area contributed by atoms with Gasteiger partial charge in [-0.3, -0.25) is 4.79 Å². The van der Waals surface area contributed by atoms with Crippen molar-refractivity contribution in [3.05, 3.63) is 52.4 Å². The molecule has 1 heterocycles. The highest BCUT2D eigenvalue weighted by atomic mass is 35.5. The Labute approximate surface area is 156 Å². The highest BCUT2D eigenvalue weighted by Crippen LogP contribution is 2.30. The largest absolute Gasteiger partial charge is 0.334 e. The van der Waals surface area contributed by atoms with Crippen molar-refractivity contribution in [1.82, 2.24) is 9.21 Å². The summed E-state index contributed by atoms with van der Waals surface area (Å²) in [5.41, 5.74) is 1.04. The third-order valence-electron chi connectivity index (χ3n) is 4.07. The highest BCUT2D eigenvalue weighted by molar-refractivity contribution is 7.91. The molecular formula is C17H19ClN2O3S2. The average molecular weight is 399 g/mol. The number of likely N-dealkylation sites (N-methyl/N-ethyl adjacent to an activating group) is 1. The standard InChI is InChI=1S/C17H19ClN2O3S2/c1-19(25(22,23)17-10-9-15(18)24-17)12-16(21)20(14-7-8-14)11-13-5-3-2-4-6-13/h2-6,9-10,14H,7-8,11-12H2,1H3. The van der Waals surface area contributed by atoms with Crippen molar-refractivity contribution in [2.24, 2.45) is 0 Å². The molecule has 1 amide bonds. The van der Waals surface area contributed by atoms with E-state index in [1.165, 1.54) is 13.1 Å². The van der Waals surface area contributed by atoms with Crippen LogP contribution in [0.25, 0.3) is 0 Å². The van der Waals surface area contributed by atoms with Crippen LogP contribution in [0.5, 0.6) is 0 Å². The van der Waals surface area contributed by atoms with Crippen molar-refractivity contribution in [3.63, 3.8) is 0 Å². The smallest absolute Gasteiger partial charge is 0.252 e. The van der Waals surface area contributed by atoms with Crippen LogP contribution in [0.1, 0.15) is 18.4 Å². The molecule has 0 atom stereocenters. The second-order valence-corrected chi connectivity index (χ2v) is 10.0. The fourth-order valence-electron chi connectivity index (χ4n) is 2.54. The Morgan fingerprint density at radius 3 is 2.44 bits per heavy atom. The zero-order valence-electron chi connectivity index (χ0n) is 13.8. The minimum Gasteiger partial charge on any atom is -0.334 e. The number of amides is 1. The molecule has 1 saturated carbocycles. The van der Waals surface area contributed by atoms with Crippen LogP contribution in [0.2, 0.25) is 4.34 Å². The fourth-order valence-corrected chi connectivity index (χ4v) is 5.36. The van der Waals surface area contributed by atoms with Gasteiger partial charge in [0.25, 0.3) is 10.0 Å². The van der Waals surface area contributed by atoms with Crippen LogP contribution >= 0.6 is 22.9 Å². The SMILES string of the molecule is CN(CC(=O)N(Cc1ccccc1)C1CC1)S(=O)(=O)c1ccc(Cl)s1. The Hall–Kier alpha value is -1.41. The van der Waals surface area contributed by atoms with Gasteiger partial charge in [-0.25, -0.2) is 8.42 Å². The van der Waals surface area contributed by atoms with E-state index in [-0.39, 0.29) is 22.7 Å². The molecule has 1 aromatic carbocycles. The number of carbonyl (C=O) groups is 1. The number of rotatable bonds is 7. The first-order valence-electron chi connectivity index (χ1n) is 7.93. The van der Waals surface area contributed by atoms with Gasteiger partial charge in [-0.15, -0.1) is 11.3 Å². The predicted molar refractivity (Wildman–Crippen MR) is 99.2 cm³/mol. The van der Waals surface area contributed by atoms with E-state index >= 15 is 0 Å². The maximum absolute atomic E-state index is 12.7. The van der Waals surface area contributed by atoms with Gasteiger partial charge in [-0.2, -0.15) is 4.31 Å². The fraction of sp³-hybridized carbons (Fsp3) is 0.353. The number of hydrogen-bond acceptors (Lipinski definition) is 4. The molecule has 2 aromatic rings. The van der Waals surface area contributed by atoms with Crippen molar-refractivity contribution in [1.29, 1.82) is 0 Å². The third kappa shape index (κ3) is 4.41. The number of sulfonamides is 1. The Bertz CT molecular complexity index is 848. The molecule has 3 rings (SSSR count). The number of halogens is 1. The molecule has 0 radical (unpaired) electrons. The second-order valence-electron chi connectivity index (χ2n) is 6.06. The number of carbonyl (C=O) groups excluding carboxylic acids is 1. The van der Waals surface area contributed by atoms with Crippen LogP contribution in [-0.4, -0.2) is 43.2 Å². The molecule has 0 spiro atoms. The molecule has 1 aliphatic carbocycles. The maximum atomic E-state index is 12.7. The Morgan fingerprint density at radius 1 is 1.20 bits per heavy atom. The lowest BCUT2D eigenvalue weighted by molar-refractivity contribution is -0.132. The summed E-state index contributed by atoms with van der Waals surface area (Å²) >= 11 is 6.82. The molecule has 1 aliphatic rings. The van der Waals surface area contributed by atoms with Gasteiger partial charge in [-0.05, 0) is 30.5 Å². The van der Waals surface area contributed by atoms with Crippen molar-refractivity contribution in [2.45, 2.75) is 29.6 Å². The first kappa shape index (κ1) is 18.4. The normalized spacial score (nSPS) is 14.7. The quantitative estimate of drug-likeness (QED) is 0.719. The second kappa shape index (κ2) is 7.45. The van der Waals surface area contributed by atoms with Gasteiger partial charge in [0, 0.05) is 19.6 Å². The van der Waals surface area contributed by atoms with Crippen molar-refractivity contribution in [3.8, 4) is 0 Å². The van der Waals surface area contributed by atoms with Crippen molar-refractivity contribution < 1.29 is 13.2 Å². The van der Waals surface area contributed by atoms with Gasteiger partial charge >= 0.3 is 0 Å². The number of thiophene rings is 1. The Morgan fingerprint density at radius 2 is 1.88 bits per heavy atom. The van der Waals surface area contributed by atoms with Crippen LogP contribution in [0, 0.1) is 0 Å². The predicted octanol–water partition coefficient (Wildman–Crippen LogP) is 3.21. The van der Waals surface area contributed by atoms with E-state index in [1.54, 1.807) is 11.0 Å². The summed E-state index contributed by atoms with van der Waals surface area (Å²) in [4.78, 5) is 14.5. The minimum atomic E-state index is -3.70. The molecule has 8 heteroatoms. The first-order chi connectivity index (χ1) is 11.9.